The highest BCUT2D eigenvalue weighted by molar-refractivity contribution is 6.02. The minimum Gasteiger partial charge on any atom is -0.478 e. The molecule has 1 aliphatic rings. The highest BCUT2D eigenvalue weighted by atomic mass is 16.4. The molecular weight excluding hydrogens is 266 g/mol. The van der Waals surface area contributed by atoms with E-state index in [1.807, 2.05) is 30.3 Å². The molecule has 0 fully saturated rings. The Morgan fingerprint density at radius 3 is 2.57 bits per heavy atom. The van der Waals surface area contributed by atoms with Gasteiger partial charge in [0.1, 0.15) is 0 Å². The molecule has 4 heteroatoms. The van der Waals surface area contributed by atoms with Gasteiger partial charge >= 0.3 is 5.97 Å². The Morgan fingerprint density at radius 1 is 1.00 bits per heavy atom. The fourth-order valence-electron chi connectivity index (χ4n) is 2.55. The predicted octanol–water partition coefficient (Wildman–Crippen LogP) is 2.84. The van der Waals surface area contributed by atoms with E-state index in [0.717, 1.165) is 24.1 Å². The molecule has 0 radical (unpaired) electrons. The van der Waals surface area contributed by atoms with Crippen LogP contribution in [0.2, 0.25) is 0 Å². The van der Waals surface area contributed by atoms with Crippen LogP contribution >= 0.6 is 0 Å². The lowest BCUT2D eigenvalue weighted by atomic mass is 10.1. The van der Waals surface area contributed by atoms with Crippen LogP contribution in [0.25, 0.3) is 11.1 Å². The molecule has 2 aromatic rings. The summed E-state index contributed by atoms with van der Waals surface area (Å²) in [6.45, 7) is 0. The van der Waals surface area contributed by atoms with Crippen LogP contribution in [-0.2, 0) is 16.0 Å². The van der Waals surface area contributed by atoms with Crippen molar-refractivity contribution in [3.8, 4) is 11.1 Å². The summed E-state index contributed by atoms with van der Waals surface area (Å²) in [5, 5.41) is 11.2. The number of aliphatic carboxylic acids is 1. The van der Waals surface area contributed by atoms with Gasteiger partial charge in [-0.15, -0.1) is 0 Å². The summed E-state index contributed by atoms with van der Waals surface area (Å²) in [4.78, 5) is 21.9. The monoisotopic (exact) mass is 279 g/mol. The van der Waals surface area contributed by atoms with Crippen molar-refractivity contribution in [1.82, 2.24) is 0 Å². The molecule has 0 spiro atoms. The van der Waals surface area contributed by atoms with Crippen molar-refractivity contribution in [3.05, 3.63) is 65.7 Å². The Labute approximate surface area is 121 Å². The Hall–Kier alpha value is -2.88. The molecule has 104 valence electrons. The van der Waals surface area contributed by atoms with Crippen LogP contribution < -0.4 is 5.32 Å². The molecule has 0 aromatic heterocycles. The van der Waals surface area contributed by atoms with Crippen molar-refractivity contribution in [2.45, 2.75) is 6.42 Å². The van der Waals surface area contributed by atoms with E-state index in [-0.39, 0.29) is 0 Å². The molecule has 3 rings (SSSR count). The van der Waals surface area contributed by atoms with Crippen LogP contribution in [0.15, 0.2) is 54.6 Å². The number of anilines is 1. The van der Waals surface area contributed by atoms with Gasteiger partial charge in [0.25, 0.3) is 0 Å². The number of fused-ring (bicyclic) bond motifs is 3. The SMILES string of the molecule is O=C(O)/C=C\C(=O)Nc1ccc2c(c1)Cc1ccccc1-2. The highest BCUT2D eigenvalue weighted by Crippen LogP contribution is 2.37. The number of benzene rings is 2. The number of rotatable bonds is 3. The fourth-order valence-corrected chi connectivity index (χ4v) is 2.55. The minimum atomic E-state index is -1.14. The molecule has 0 bridgehead atoms. The van der Waals surface area contributed by atoms with Crippen molar-refractivity contribution in [2.24, 2.45) is 0 Å². The van der Waals surface area contributed by atoms with Gasteiger partial charge in [-0.3, -0.25) is 4.79 Å². The number of carboxylic acids is 1. The summed E-state index contributed by atoms with van der Waals surface area (Å²) < 4.78 is 0. The molecule has 4 nitrogen and oxygen atoms in total. The molecule has 0 aliphatic heterocycles. The van der Waals surface area contributed by atoms with Gasteiger partial charge in [-0.05, 0) is 40.8 Å². The summed E-state index contributed by atoms with van der Waals surface area (Å²) in [6.07, 6.45) is 2.67. The average molecular weight is 279 g/mol. The third-order valence-electron chi connectivity index (χ3n) is 3.44. The van der Waals surface area contributed by atoms with Gasteiger partial charge in [0, 0.05) is 17.8 Å². The molecule has 2 N–H and O–H groups in total. The van der Waals surface area contributed by atoms with Gasteiger partial charge in [0.05, 0.1) is 0 Å². The average Bonchev–Trinajstić information content (AvgIpc) is 2.82. The largest absolute Gasteiger partial charge is 0.478 e. The Kier molecular flexibility index (Phi) is 3.28. The molecule has 1 amide bonds. The third kappa shape index (κ3) is 2.69. The smallest absolute Gasteiger partial charge is 0.328 e. The maximum absolute atomic E-state index is 11.6. The first-order valence-electron chi connectivity index (χ1n) is 6.57. The van der Waals surface area contributed by atoms with Gasteiger partial charge in [-0.25, -0.2) is 4.79 Å². The number of carbonyl (C=O) groups is 2. The van der Waals surface area contributed by atoms with E-state index < -0.39 is 11.9 Å². The first-order chi connectivity index (χ1) is 10.1. The van der Waals surface area contributed by atoms with Gasteiger partial charge in [0.15, 0.2) is 0 Å². The second kappa shape index (κ2) is 5.25. The lowest BCUT2D eigenvalue weighted by molar-refractivity contribution is -0.131. The molecule has 0 heterocycles. The fraction of sp³-hybridized carbons (Fsp3) is 0.0588. The van der Waals surface area contributed by atoms with E-state index in [1.165, 1.54) is 16.7 Å². The van der Waals surface area contributed by atoms with Gasteiger partial charge < -0.3 is 10.4 Å². The first-order valence-corrected chi connectivity index (χ1v) is 6.57. The van der Waals surface area contributed by atoms with Crippen LogP contribution in [0, 0.1) is 0 Å². The minimum absolute atomic E-state index is 0.451. The second-order valence-electron chi connectivity index (χ2n) is 4.87. The van der Waals surface area contributed by atoms with Gasteiger partial charge in [0.2, 0.25) is 5.91 Å². The van der Waals surface area contributed by atoms with E-state index in [4.69, 9.17) is 5.11 Å². The van der Waals surface area contributed by atoms with Crippen molar-refractivity contribution >= 4 is 17.6 Å². The van der Waals surface area contributed by atoms with E-state index >= 15 is 0 Å². The zero-order valence-electron chi connectivity index (χ0n) is 11.2. The zero-order chi connectivity index (χ0) is 14.8. The highest BCUT2D eigenvalue weighted by Gasteiger charge is 2.17. The summed E-state index contributed by atoms with van der Waals surface area (Å²) in [7, 11) is 0. The first kappa shape index (κ1) is 13.1. The number of hydrogen-bond donors (Lipinski definition) is 2. The van der Waals surface area contributed by atoms with Crippen LogP contribution in [0.3, 0.4) is 0 Å². The Balaban J connectivity index is 1.81. The maximum atomic E-state index is 11.6. The molecule has 0 saturated heterocycles. The van der Waals surface area contributed by atoms with Gasteiger partial charge in [-0.2, -0.15) is 0 Å². The van der Waals surface area contributed by atoms with E-state index in [1.54, 1.807) is 0 Å². The molecule has 21 heavy (non-hydrogen) atoms. The number of hydrogen-bond acceptors (Lipinski definition) is 2. The molecule has 0 unspecified atom stereocenters. The lowest BCUT2D eigenvalue weighted by Crippen LogP contribution is -2.08. The van der Waals surface area contributed by atoms with Crippen LogP contribution in [-0.4, -0.2) is 17.0 Å². The second-order valence-corrected chi connectivity index (χ2v) is 4.87. The summed E-state index contributed by atoms with van der Waals surface area (Å²) in [5.41, 5.74) is 5.53. The molecule has 0 saturated carbocycles. The zero-order valence-corrected chi connectivity index (χ0v) is 11.2. The molecular formula is C17H13NO3. The predicted molar refractivity (Wildman–Crippen MR) is 80.1 cm³/mol. The van der Waals surface area contributed by atoms with Crippen LogP contribution in [0.4, 0.5) is 5.69 Å². The maximum Gasteiger partial charge on any atom is 0.328 e. The summed E-state index contributed by atoms with van der Waals surface area (Å²) in [6, 6.07) is 14.0. The number of nitrogens with one attached hydrogen (secondary N) is 1. The lowest BCUT2D eigenvalue weighted by Gasteiger charge is -2.05. The topological polar surface area (TPSA) is 66.4 Å². The van der Waals surface area contributed by atoms with Crippen LogP contribution in [0.5, 0.6) is 0 Å². The van der Waals surface area contributed by atoms with E-state index in [2.05, 4.69) is 17.4 Å². The van der Waals surface area contributed by atoms with Crippen molar-refractivity contribution < 1.29 is 14.7 Å². The van der Waals surface area contributed by atoms with E-state index in [0.29, 0.717) is 5.69 Å². The van der Waals surface area contributed by atoms with E-state index in [9.17, 15) is 9.59 Å². The summed E-state index contributed by atoms with van der Waals surface area (Å²) >= 11 is 0. The quantitative estimate of drug-likeness (QED) is 0.724. The molecule has 0 atom stereocenters. The summed E-state index contributed by atoms with van der Waals surface area (Å²) in [5.74, 6) is -1.59. The van der Waals surface area contributed by atoms with Crippen molar-refractivity contribution in [1.29, 1.82) is 0 Å². The van der Waals surface area contributed by atoms with Crippen LogP contribution in [0.1, 0.15) is 11.1 Å². The molecule has 2 aromatic carbocycles. The molecule has 1 aliphatic carbocycles. The van der Waals surface area contributed by atoms with Gasteiger partial charge in [-0.1, -0.05) is 30.3 Å². The number of amides is 1. The third-order valence-corrected chi connectivity index (χ3v) is 3.44. The Morgan fingerprint density at radius 2 is 1.76 bits per heavy atom. The normalized spacial score (nSPS) is 12.0. The van der Waals surface area contributed by atoms with Crippen molar-refractivity contribution in [3.63, 3.8) is 0 Å². The standard InChI is InChI=1S/C17H13NO3/c19-16(7-8-17(20)21)18-13-5-6-15-12(10-13)9-11-3-1-2-4-14(11)15/h1-8,10H,9H2,(H,18,19)(H,20,21)/b8-7-. The van der Waals surface area contributed by atoms with Crippen molar-refractivity contribution in [2.75, 3.05) is 5.32 Å². The number of carboxylic acid groups (broad SMARTS) is 1. The number of carbonyl (C=O) groups excluding carboxylic acids is 1. The Bertz CT molecular complexity index is 762.